The van der Waals surface area contributed by atoms with Crippen LogP contribution in [-0.2, 0) is 4.74 Å². The van der Waals surface area contributed by atoms with Crippen molar-refractivity contribution < 1.29 is 4.74 Å². The lowest BCUT2D eigenvalue weighted by Gasteiger charge is -2.26. The quantitative estimate of drug-likeness (QED) is 0.790. The molecule has 1 rings (SSSR count). The smallest absolute Gasteiger partial charge is 0.0763 e. The number of rotatable bonds is 7. The number of nitrogens with zero attached hydrogens (tertiary/aromatic N) is 1. The van der Waals surface area contributed by atoms with Crippen molar-refractivity contribution in [3.05, 3.63) is 29.6 Å². The van der Waals surface area contributed by atoms with E-state index in [-0.39, 0.29) is 12.1 Å². The standard InChI is InChI=1S/C14H24N2O/c1-5-7-16-14(13(6-2)17-4)12-8-11(3)9-15-10-12/h8-10,13-14,16H,5-7H2,1-4H3. The van der Waals surface area contributed by atoms with Crippen molar-refractivity contribution in [3.63, 3.8) is 0 Å². The van der Waals surface area contributed by atoms with E-state index in [2.05, 4.69) is 37.1 Å². The normalized spacial score (nSPS) is 14.6. The van der Waals surface area contributed by atoms with Crippen LogP contribution in [0.25, 0.3) is 0 Å². The van der Waals surface area contributed by atoms with E-state index in [0.29, 0.717) is 0 Å². The average molecular weight is 236 g/mol. The molecule has 1 N–H and O–H groups in total. The van der Waals surface area contributed by atoms with Crippen molar-refractivity contribution in [1.82, 2.24) is 10.3 Å². The first-order chi connectivity index (χ1) is 8.22. The largest absolute Gasteiger partial charge is 0.379 e. The molecule has 1 heterocycles. The molecule has 17 heavy (non-hydrogen) atoms. The van der Waals surface area contributed by atoms with Crippen LogP contribution in [0.15, 0.2) is 18.5 Å². The fourth-order valence-corrected chi connectivity index (χ4v) is 2.05. The Morgan fingerprint density at radius 3 is 2.65 bits per heavy atom. The Kier molecular flexibility index (Phi) is 6.16. The highest BCUT2D eigenvalue weighted by molar-refractivity contribution is 5.21. The van der Waals surface area contributed by atoms with E-state index in [1.807, 2.05) is 12.4 Å². The maximum Gasteiger partial charge on any atom is 0.0763 e. The molecule has 0 aromatic carbocycles. The summed E-state index contributed by atoms with van der Waals surface area (Å²) in [5, 5.41) is 3.55. The molecule has 1 aromatic rings. The molecular formula is C14H24N2O. The van der Waals surface area contributed by atoms with Gasteiger partial charge < -0.3 is 10.1 Å². The van der Waals surface area contributed by atoms with Gasteiger partial charge in [-0.25, -0.2) is 0 Å². The van der Waals surface area contributed by atoms with Crippen LogP contribution in [0, 0.1) is 6.92 Å². The average Bonchev–Trinajstić information content (AvgIpc) is 2.34. The van der Waals surface area contributed by atoms with Gasteiger partial charge in [0.25, 0.3) is 0 Å². The Morgan fingerprint density at radius 1 is 1.35 bits per heavy atom. The summed E-state index contributed by atoms with van der Waals surface area (Å²) >= 11 is 0. The highest BCUT2D eigenvalue weighted by atomic mass is 16.5. The summed E-state index contributed by atoms with van der Waals surface area (Å²) in [4.78, 5) is 4.27. The topological polar surface area (TPSA) is 34.2 Å². The van der Waals surface area contributed by atoms with Crippen molar-refractivity contribution in [2.75, 3.05) is 13.7 Å². The van der Waals surface area contributed by atoms with Crippen LogP contribution in [-0.4, -0.2) is 24.7 Å². The van der Waals surface area contributed by atoms with Crippen molar-refractivity contribution in [1.29, 1.82) is 0 Å². The monoisotopic (exact) mass is 236 g/mol. The third-order valence-corrected chi connectivity index (χ3v) is 2.95. The summed E-state index contributed by atoms with van der Waals surface area (Å²) in [6, 6.07) is 2.42. The summed E-state index contributed by atoms with van der Waals surface area (Å²) < 4.78 is 5.56. The van der Waals surface area contributed by atoms with E-state index >= 15 is 0 Å². The van der Waals surface area contributed by atoms with Crippen LogP contribution in [0.2, 0.25) is 0 Å². The Balaban J connectivity index is 2.88. The van der Waals surface area contributed by atoms with Crippen LogP contribution in [0.4, 0.5) is 0 Å². The summed E-state index contributed by atoms with van der Waals surface area (Å²) in [5.74, 6) is 0. The van der Waals surface area contributed by atoms with Crippen LogP contribution in [0.1, 0.15) is 43.9 Å². The predicted molar refractivity (Wildman–Crippen MR) is 71.1 cm³/mol. The maximum absolute atomic E-state index is 5.56. The zero-order chi connectivity index (χ0) is 12.7. The molecule has 0 radical (unpaired) electrons. The molecule has 0 saturated carbocycles. The number of pyridine rings is 1. The van der Waals surface area contributed by atoms with E-state index in [9.17, 15) is 0 Å². The number of hydrogen-bond acceptors (Lipinski definition) is 3. The minimum absolute atomic E-state index is 0.199. The molecule has 0 amide bonds. The van der Waals surface area contributed by atoms with Gasteiger partial charge >= 0.3 is 0 Å². The Morgan fingerprint density at radius 2 is 2.12 bits per heavy atom. The lowest BCUT2D eigenvalue weighted by atomic mass is 10.00. The SMILES string of the molecule is CCCNC(c1cncc(C)c1)C(CC)OC. The van der Waals surface area contributed by atoms with E-state index in [1.165, 1.54) is 11.1 Å². The zero-order valence-corrected chi connectivity index (χ0v) is 11.4. The summed E-state index contributed by atoms with van der Waals surface area (Å²) in [5.41, 5.74) is 2.41. The Labute approximate surface area is 105 Å². The fraction of sp³-hybridized carbons (Fsp3) is 0.643. The number of methoxy groups -OCH3 is 1. The lowest BCUT2D eigenvalue weighted by Crippen LogP contribution is -2.33. The Bertz CT molecular complexity index is 324. The van der Waals surface area contributed by atoms with Gasteiger partial charge in [-0.1, -0.05) is 19.9 Å². The summed E-state index contributed by atoms with van der Waals surface area (Å²) in [6.45, 7) is 7.39. The zero-order valence-electron chi connectivity index (χ0n) is 11.4. The van der Waals surface area contributed by atoms with E-state index in [0.717, 1.165) is 19.4 Å². The number of ether oxygens (including phenoxy) is 1. The molecule has 0 fully saturated rings. The molecule has 3 nitrogen and oxygen atoms in total. The van der Waals surface area contributed by atoms with Crippen molar-refractivity contribution in [3.8, 4) is 0 Å². The minimum Gasteiger partial charge on any atom is -0.379 e. The second-order valence-electron chi connectivity index (χ2n) is 4.41. The highest BCUT2D eigenvalue weighted by Crippen LogP contribution is 2.21. The van der Waals surface area contributed by atoms with Gasteiger partial charge in [-0.15, -0.1) is 0 Å². The van der Waals surface area contributed by atoms with Crippen LogP contribution >= 0.6 is 0 Å². The number of hydrogen-bond donors (Lipinski definition) is 1. The van der Waals surface area contributed by atoms with Gasteiger partial charge in [0.2, 0.25) is 0 Å². The van der Waals surface area contributed by atoms with Crippen molar-refractivity contribution in [2.24, 2.45) is 0 Å². The van der Waals surface area contributed by atoms with Gasteiger partial charge in [0.05, 0.1) is 12.1 Å². The van der Waals surface area contributed by atoms with Crippen molar-refractivity contribution in [2.45, 2.75) is 45.8 Å². The highest BCUT2D eigenvalue weighted by Gasteiger charge is 2.21. The number of aryl methyl sites for hydroxylation is 1. The van der Waals surface area contributed by atoms with Gasteiger partial charge in [0.15, 0.2) is 0 Å². The number of aromatic nitrogens is 1. The molecule has 1 aromatic heterocycles. The predicted octanol–water partition coefficient (Wildman–Crippen LogP) is 2.86. The molecule has 0 spiro atoms. The molecule has 0 aliphatic rings. The second kappa shape index (κ2) is 7.41. The fourth-order valence-electron chi connectivity index (χ4n) is 2.05. The molecule has 2 atom stereocenters. The third-order valence-electron chi connectivity index (χ3n) is 2.95. The second-order valence-corrected chi connectivity index (χ2v) is 4.41. The first-order valence-electron chi connectivity index (χ1n) is 6.40. The maximum atomic E-state index is 5.56. The molecule has 2 unspecified atom stereocenters. The first-order valence-corrected chi connectivity index (χ1v) is 6.40. The van der Waals surface area contributed by atoms with Gasteiger partial charge in [-0.2, -0.15) is 0 Å². The van der Waals surface area contributed by atoms with Gasteiger partial charge in [-0.3, -0.25) is 4.98 Å². The number of nitrogens with one attached hydrogen (secondary N) is 1. The van der Waals surface area contributed by atoms with Gasteiger partial charge in [-0.05, 0) is 37.4 Å². The molecule has 0 aliphatic carbocycles. The third kappa shape index (κ3) is 4.10. The van der Waals surface area contributed by atoms with Crippen LogP contribution in [0.5, 0.6) is 0 Å². The van der Waals surface area contributed by atoms with Crippen LogP contribution < -0.4 is 5.32 Å². The lowest BCUT2D eigenvalue weighted by molar-refractivity contribution is 0.0649. The van der Waals surface area contributed by atoms with E-state index < -0.39 is 0 Å². The first kappa shape index (κ1) is 14.1. The molecule has 96 valence electrons. The molecular weight excluding hydrogens is 212 g/mol. The molecule has 3 heteroatoms. The van der Waals surface area contributed by atoms with E-state index in [1.54, 1.807) is 7.11 Å². The minimum atomic E-state index is 0.199. The molecule has 0 bridgehead atoms. The Hall–Kier alpha value is -0.930. The van der Waals surface area contributed by atoms with Gasteiger partial charge in [0, 0.05) is 19.5 Å². The summed E-state index contributed by atoms with van der Waals surface area (Å²) in [7, 11) is 1.78. The van der Waals surface area contributed by atoms with Gasteiger partial charge in [0.1, 0.15) is 0 Å². The summed E-state index contributed by atoms with van der Waals surface area (Å²) in [6.07, 6.45) is 6.13. The van der Waals surface area contributed by atoms with Crippen molar-refractivity contribution >= 4 is 0 Å². The molecule has 0 aliphatic heterocycles. The molecule has 0 saturated heterocycles. The van der Waals surface area contributed by atoms with E-state index in [4.69, 9.17) is 4.74 Å². The van der Waals surface area contributed by atoms with Crippen LogP contribution in [0.3, 0.4) is 0 Å².